The molecule has 2 rings (SSSR count). The van der Waals surface area contributed by atoms with E-state index < -0.39 is 7.25 Å². The fourth-order valence-corrected chi connectivity index (χ4v) is 1.65. The van der Waals surface area contributed by atoms with Gasteiger partial charge in [0.1, 0.15) is 6.20 Å². The molecule has 0 saturated heterocycles. The van der Waals surface area contributed by atoms with Crippen molar-refractivity contribution < 1.29 is 21.8 Å². The van der Waals surface area contributed by atoms with Crippen LogP contribution in [0.5, 0.6) is 0 Å². The topological polar surface area (TPSA) is 24.4 Å². The molecule has 0 amide bonds. The highest BCUT2D eigenvalue weighted by Gasteiger charge is 2.20. The van der Waals surface area contributed by atoms with Gasteiger partial charge < -0.3 is 22.2 Å². The molecule has 2 aromatic rings. The minimum Gasteiger partial charge on any atom is -0.418 e. The average Bonchev–Trinajstić information content (AvgIpc) is 2.75. The predicted molar refractivity (Wildman–Crippen MR) is 84.3 cm³/mol. The van der Waals surface area contributed by atoms with E-state index in [0.717, 1.165) is 11.4 Å². The zero-order valence-electron chi connectivity index (χ0n) is 13.4. The summed E-state index contributed by atoms with van der Waals surface area (Å²) in [7, 11) is 0.0752. The highest BCUT2D eigenvalue weighted by atomic mass is 19.5. The monoisotopic (exact) mass is 330 g/mol. The molecular weight excluding hydrogens is 311 g/mol. The summed E-state index contributed by atoms with van der Waals surface area (Å²) >= 11 is 0. The second-order valence-electron chi connectivity index (χ2n) is 5.03. The van der Waals surface area contributed by atoms with Crippen LogP contribution in [0.1, 0.15) is 11.4 Å². The van der Waals surface area contributed by atoms with Gasteiger partial charge in [-0.2, -0.15) is 0 Å². The van der Waals surface area contributed by atoms with Gasteiger partial charge in [-0.1, -0.05) is 17.2 Å². The molecule has 0 aliphatic carbocycles. The maximum absolute atomic E-state index is 9.75. The molecule has 1 aromatic carbocycles. The molecule has 0 unspecified atom stereocenters. The summed E-state index contributed by atoms with van der Waals surface area (Å²) in [6.45, 7) is 2.03. The Morgan fingerprint density at radius 1 is 1.13 bits per heavy atom. The summed E-state index contributed by atoms with van der Waals surface area (Å²) in [6.07, 6.45) is 5.80. The summed E-state index contributed by atoms with van der Waals surface area (Å²) < 4.78 is 42.9. The molecule has 126 valence electrons. The Labute approximate surface area is 132 Å². The molecule has 1 heterocycles. The van der Waals surface area contributed by atoms with Crippen molar-refractivity contribution in [3.8, 4) is 0 Å². The molecule has 1 aromatic heterocycles. The van der Waals surface area contributed by atoms with Gasteiger partial charge in [0.2, 0.25) is 0 Å². The minimum atomic E-state index is -6.00. The smallest absolute Gasteiger partial charge is 0.418 e. The summed E-state index contributed by atoms with van der Waals surface area (Å²) in [4.78, 5) is 2.08. The normalized spacial score (nSPS) is 11.3. The molecule has 0 aliphatic rings. The van der Waals surface area contributed by atoms with Gasteiger partial charge in [-0.25, -0.2) is 4.57 Å². The highest BCUT2D eigenvalue weighted by molar-refractivity contribution is 6.50. The first-order chi connectivity index (χ1) is 10.6. The third kappa shape index (κ3) is 6.99. The number of hydrogen-bond donors (Lipinski definition) is 0. The van der Waals surface area contributed by atoms with E-state index in [9.17, 15) is 17.3 Å². The van der Waals surface area contributed by atoms with E-state index in [1.54, 1.807) is 0 Å². The lowest BCUT2D eigenvalue weighted by Gasteiger charge is -2.11. The van der Waals surface area contributed by atoms with Crippen LogP contribution in [0.4, 0.5) is 23.0 Å². The van der Waals surface area contributed by atoms with E-state index in [-0.39, 0.29) is 0 Å². The maximum Gasteiger partial charge on any atom is 0.673 e. The highest BCUT2D eigenvalue weighted by Crippen LogP contribution is 2.11. The van der Waals surface area contributed by atoms with Gasteiger partial charge in [0.15, 0.2) is 6.20 Å². The molecule has 0 aliphatic heterocycles. The molecule has 0 fully saturated rings. The largest absolute Gasteiger partial charge is 0.673 e. The van der Waals surface area contributed by atoms with E-state index in [1.807, 2.05) is 55.9 Å². The number of anilines is 1. The van der Waals surface area contributed by atoms with Crippen molar-refractivity contribution in [2.45, 2.75) is 6.92 Å². The summed E-state index contributed by atoms with van der Waals surface area (Å²) in [5.74, 6) is 1.09. The van der Waals surface area contributed by atoms with E-state index in [4.69, 9.17) is 0 Å². The Hall–Kier alpha value is -2.32. The second kappa shape index (κ2) is 7.80. The average molecular weight is 330 g/mol. The number of aryl methyl sites for hydroxylation is 1. The summed E-state index contributed by atoms with van der Waals surface area (Å²) in [6, 6.07) is 8.31. The van der Waals surface area contributed by atoms with Crippen LogP contribution in [0.3, 0.4) is 0 Å². The van der Waals surface area contributed by atoms with Crippen molar-refractivity contribution in [2.24, 2.45) is 12.1 Å². The Balaban J connectivity index is 0.000000463. The van der Waals surface area contributed by atoms with E-state index in [0.29, 0.717) is 0 Å². The van der Waals surface area contributed by atoms with Gasteiger partial charge in [-0.3, -0.25) is 0 Å². The molecule has 0 radical (unpaired) electrons. The van der Waals surface area contributed by atoms with Crippen molar-refractivity contribution in [2.75, 3.05) is 19.0 Å². The second-order valence-corrected chi connectivity index (χ2v) is 5.03. The summed E-state index contributed by atoms with van der Waals surface area (Å²) in [5.41, 5.74) is 2.28. The number of hydrogen-bond acceptors (Lipinski definition) is 2. The zero-order chi connectivity index (χ0) is 17.6. The van der Waals surface area contributed by atoms with E-state index in [2.05, 4.69) is 34.3 Å². The molecular formula is C14H19BF4N4. The quantitative estimate of drug-likeness (QED) is 0.368. The Morgan fingerprint density at radius 3 is 2.04 bits per heavy atom. The van der Waals surface area contributed by atoms with Crippen LogP contribution < -0.4 is 9.47 Å². The van der Waals surface area contributed by atoms with E-state index in [1.165, 1.54) is 5.69 Å². The molecule has 9 heteroatoms. The molecule has 23 heavy (non-hydrogen) atoms. The molecule has 0 saturated carbocycles. The first-order valence-electron chi connectivity index (χ1n) is 6.80. The van der Waals surface area contributed by atoms with Crippen LogP contribution in [0.15, 0.2) is 41.8 Å². The number of benzene rings is 1. The lowest BCUT2D eigenvalue weighted by Crippen LogP contribution is -2.29. The lowest BCUT2D eigenvalue weighted by molar-refractivity contribution is -0.677. The van der Waals surface area contributed by atoms with Crippen LogP contribution in [0.2, 0.25) is 0 Å². The first-order valence-corrected chi connectivity index (χ1v) is 6.80. The van der Waals surface area contributed by atoms with Crippen molar-refractivity contribution in [3.05, 3.63) is 48.0 Å². The lowest BCUT2D eigenvalue weighted by atomic mass is 10.2. The molecule has 0 atom stereocenters. The van der Waals surface area contributed by atoms with Crippen LogP contribution in [-0.2, 0) is 7.05 Å². The first kappa shape index (κ1) is 18.7. The minimum absolute atomic E-state index is 1.09. The Bertz CT molecular complexity index is 642. The van der Waals surface area contributed by atoms with Crippen LogP contribution in [-0.4, -0.2) is 32.2 Å². The predicted octanol–water partition coefficient (Wildman–Crippen LogP) is 2.87. The molecule has 4 nitrogen and oxygen atoms in total. The zero-order valence-corrected chi connectivity index (χ0v) is 13.4. The Kier molecular flexibility index (Phi) is 6.35. The number of nitrogens with zero attached hydrogens (tertiary/aromatic N) is 4. The van der Waals surface area contributed by atoms with E-state index >= 15 is 0 Å². The Morgan fingerprint density at radius 2 is 1.65 bits per heavy atom. The van der Waals surface area contributed by atoms with Crippen molar-refractivity contribution in [1.29, 1.82) is 0 Å². The molecule has 0 bridgehead atoms. The number of halogens is 4. The van der Waals surface area contributed by atoms with Crippen molar-refractivity contribution >= 4 is 19.2 Å². The van der Waals surface area contributed by atoms with Crippen molar-refractivity contribution in [3.63, 3.8) is 0 Å². The third-order valence-electron chi connectivity index (χ3n) is 3.01. The standard InChI is InChI=1S/C14H19N4.BF4/c1-12-17(4)9-10-18(12)15-11-13-5-7-14(8-6-13)16(2)3;2-1(3,4)5/h5-11H,1-4H3;/q+1;-1/b15-11+;. The van der Waals surface area contributed by atoms with Crippen molar-refractivity contribution in [1.82, 2.24) is 4.68 Å². The fraction of sp³-hybridized carbons (Fsp3) is 0.286. The van der Waals surface area contributed by atoms with Crippen LogP contribution in [0, 0.1) is 6.92 Å². The summed E-state index contributed by atoms with van der Waals surface area (Å²) in [5, 5.41) is 4.43. The number of imidazole rings is 1. The van der Waals surface area contributed by atoms with Gasteiger partial charge in [0.25, 0.3) is 5.82 Å². The van der Waals surface area contributed by atoms with Gasteiger partial charge >= 0.3 is 7.25 Å². The van der Waals surface area contributed by atoms with Crippen LogP contribution in [0.25, 0.3) is 0 Å². The van der Waals surface area contributed by atoms with Gasteiger partial charge in [0, 0.05) is 26.7 Å². The number of rotatable bonds is 3. The van der Waals surface area contributed by atoms with Crippen LogP contribution >= 0.6 is 0 Å². The van der Waals surface area contributed by atoms with Gasteiger partial charge in [-0.05, 0) is 17.7 Å². The van der Waals surface area contributed by atoms with Gasteiger partial charge in [-0.15, -0.1) is 4.68 Å². The maximum atomic E-state index is 9.75. The van der Waals surface area contributed by atoms with Gasteiger partial charge in [0.05, 0.1) is 13.3 Å². The number of aromatic nitrogens is 2. The molecule has 0 spiro atoms. The third-order valence-corrected chi connectivity index (χ3v) is 3.01. The SMILES string of the molecule is Cc1n(/N=C/c2ccc(N(C)C)cc2)cc[n+]1C.F[B-](F)(F)F. The fourth-order valence-electron chi connectivity index (χ4n) is 1.65. The molecule has 0 N–H and O–H groups in total.